The Balaban J connectivity index is 1.86. The average Bonchev–Trinajstić information content (AvgIpc) is 2.84. The van der Waals surface area contributed by atoms with Gasteiger partial charge in [-0.25, -0.2) is 0 Å². The minimum absolute atomic E-state index is 0.0658. The van der Waals surface area contributed by atoms with E-state index in [0.29, 0.717) is 13.0 Å². The third-order valence-electron chi connectivity index (χ3n) is 3.35. The van der Waals surface area contributed by atoms with E-state index in [0.717, 1.165) is 16.6 Å². The highest BCUT2D eigenvalue weighted by molar-refractivity contribution is 5.80. The van der Waals surface area contributed by atoms with Crippen molar-refractivity contribution in [1.29, 1.82) is 0 Å². The van der Waals surface area contributed by atoms with Crippen molar-refractivity contribution < 1.29 is 14.7 Å². The molecule has 0 radical (unpaired) electrons. The number of carboxylic acid groups (broad SMARTS) is 1. The van der Waals surface area contributed by atoms with E-state index in [2.05, 4.69) is 16.4 Å². The van der Waals surface area contributed by atoms with Gasteiger partial charge in [0.25, 0.3) is 0 Å². The van der Waals surface area contributed by atoms with E-state index in [1.807, 2.05) is 24.3 Å². The zero-order valence-corrected chi connectivity index (χ0v) is 11.6. The van der Waals surface area contributed by atoms with Crippen molar-refractivity contribution in [2.24, 2.45) is 5.73 Å². The minimum atomic E-state index is -0.965. The van der Waals surface area contributed by atoms with Crippen LogP contribution in [0.2, 0.25) is 0 Å². The lowest BCUT2D eigenvalue weighted by Gasteiger charge is -2.13. The lowest BCUT2D eigenvalue weighted by atomic mass is 10.1. The Morgan fingerprint density at radius 1 is 1.33 bits per heavy atom. The number of rotatable bonds is 8. The van der Waals surface area contributed by atoms with Crippen LogP contribution in [0, 0.1) is 0 Å². The quantitative estimate of drug-likeness (QED) is 0.581. The summed E-state index contributed by atoms with van der Waals surface area (Å²) in [6, 6.07) is 9.26. The second kappa shape index (κ2) is 6.90. The van der Waals surface area contributed by atoms with E-state index < -0.39 is 17.9 Å². The van der Waals surface area contributed by atoms with Crippen LogP contribution in [0.25, 0.3) is 10.9 Å². The standard InChI is InChI=1S/C15H19N3O3/c16-14(19)6-5-13(15(20)21)17-8-7-11-9-10-3-1-2-4-12(10)18-11/h1-4,9,13,17-18H,5-8H2,(H2,16,19)(H,20,21). The van der Waals surface area contributed by atoms with Crippen LogP contribution < -0.4 is 11.1 Å². The topological polar surface area (TPSA) is 108 Å². The monoisotopic (exact) mass is 289 g/mol. The zero-order valence-electron chi connectivity index (χ0n) is 11.6. The predicted molar refractivity (Wildman–Crippen MR) is 79.9 cm³/mol. The molecule has 0 spiro atoms. The summed E-state index contributed by atoms with van der Waals surface area (Å²) in [5, 5.41) is 13.2. The second-order valence-corrected chi connectivity index (χ2v) is 4.98. The van der Waals surface area contributed by atoms with Crippen molar-refractivity contribution in [1.82, 2.24) is 10.3 Å². The Kier molecular flexibility index (Phi) is 4.94. The smallest absolute Gasteiger partial charge is 0.320 e. The molecule has 1 aromatic heterocycles. The van der Waals surface area contributed by atoms with E-state index >= 15 is 0 Å². The molecular weight excluding hydrogens is 270 g/mol. The maximum atomic E-state index is 11.1. The number of nitrogens with two attached hydrogens (primary N) is 1. The molecule has 1 unspecified atom stereocenters. The molecule has 0 saturated heterocycles. The first-order valence-corrected chi connectivity index (χ1v) is 6.87. The molecule has 0 bridgehead atoms. The summed E-state index contributed by atoms with van der Waals surface area (Å²) >= 11 is 0. The highest BCUT2D eigenvalue weighted by Crippen LogP contribution is 2.14. The summed E-state index contributed by atoms with van der Waals surface area (Å²) < 4.78 is 0. The summed E-state index contributed by atoms with van der Waals surface area (Å²) in [6.45, 7) is 0.516. The highest BCUT2D eigenvalue weighted by atomic mass is 16.4. The van der Waals surface area contributed by atoms with Gasteiger partial charge >= 0.3 is 5.97 Å². The van der Waals surface area contributed by atoms with E-state index in [-0.39, 0.29) is 12.8 Å². The SMILES string of the molecule is NC(=O)CCC(NCCc1cc2ccccc2[nH]1)C(=O)O. The normalized spacial score (nSPS) is 12.4. The van der Waals surface area contributed by atoms with Crippen LogP contribution in [-0.2, 0) is 16.0 Å². The zero-order chi connectivity index (χ0) is 15.2. The Labute approximate surface area is 122 Å². The van der Waals surface area contributed by atoms with Crippen LogP contribution in [0.15, 0.2) is 30.3 Å². The number of fused-ring (bicyclic) bond motifs is 1. The van der Waals surface area contributed by atoms with Gasteiger partial charge in [0.15, 0.2) is 0 Å². The van der Waals surface area contributed by atoms with Gasteiger partial charge in [-0.2, -0.15) is 0 Å². The summed E-state index contributed by atoms with van der Waals surface area (Å²) in [5.74, 6) is -1.45. The van der Waals surface area contributed by atoms with E-state index in [1.54, 1.807) is 0 Å². The molecule has 0 aliphatic rings. The van der Waals surface area contributed by atoms with Gasteiger partial charge in [0.1, 0.15) is 6.04 Å². The maximum absolute atomic E-state index is 11.1. The number of hydrogen-bond acceptors (Lipinski definition) is 3. The fourth-order valence-corrected chi connectivity index (χ4v) is 2.25. The van der Waals surface area contributed by atoms with Crippen LogP contribution in [0.3, 0.4) is 0 Å². The number of aliphatic carboxylic acids is 1. The summed E-state index contributed by atoms with van der Waals surface area (Å²) in [4.78, 5) is 25.1. The van der Waals surface area contributed by atoms with Crippen LogP contribution in [0.1, 0.15) is 18.5 Å². The fourth-order valence-electron chi connectivity index (χ4n) is 2.25. The van der Waals surface area contributed by atoms with E-state index in [1.165, 1.54) is 0 Å². The van der Waals surface area contributed by atoms with Gasteiger partial charge < -0.3 is 21.1 Å². The number of benzene rings is 1. The van der Waals surface area contributed by atoms with Gasteiger partial charge in [-0.05, 0) is 30.4 Å². The number of carbonyl (C=O) groups excluding carboxylic acids is 1. The predicted octanol–water partition coefficient (Wildman–Crippen LogP) is 1.02. The third-order valence-corrected chi connectivity index (χ3v) is 3.35. The number of H-pyrrole nitrogens is 1. The number of para-hydroxylation sites is 1. The molecular formula is C15H19N3O3. The maximum Gasteiger partial charge on any atom is 0.320 e. The average molecular weight is 289 g/mol. The molecule has 1 amide bonds. The number of nitrogens with one attached hydrogen (secondary N) is 2. The van der Waals surface area contributed by atoms with Crippen molar-refractivity contribution in [3.05, 3.63) is 36.0 Å². The Bertz CT molecular complexity index is 603. The van der Waals surface area contributed by atoms with E-state index in [4.69, 9.17) is 10.8 Å². The van der Waals surface area contributed by atoms with Crippen molar-refractivity contribution >= 4 is 22.8 Å². The number of aromatic amines is 1. The van der Waals surface area contributed by atoms with Crippen LogP contribution >= 0.6 is 0 Å². The molecule has 1 heterocycles. The molecule has 5 N–H and O–H groups in total. The molecule has 1 atom stereocenters. The Morgan fingerprint density at radius 3 is 2.76 bits per heavy atom. The second-order valence-electron chi connectivity index (χ2n) is 4.98. The molecule has 6 nitrogen and oxygen atoms in total. The van der Waals surface area contributed by atoms with Crippen molar-refractivity contribution in [2.45, 2.75) is 25.3 Å². The molecule has 6 heteroatoms. The number of carboxylic acids is 1. The highest BCUT2D eigenvalue weighted by Gasteiger charge is 2.17. The fraction of sp³-hybridized carbons (Fsp3) is 0.333. The molecule has 0 aliphatic carbocycles. The molecule has 1 aromatic carbocycles. The van der Waals surface area contributed by atoms with Crippen molar-refractivity contribution in [3.8, 4) is 0 Å². The molecule has 21 heavy (non-hydrogen) atoms. The minimum Gasteiger partial charge on any atom is -0.480 e. The van der Waals surface area contributed by atoms with Gasteiger partial charge in [-0.15, -0.1) is 0 Å². The molecule has 112 valence electrons. The Hall–Kier alpha value is -2.34. The lowest BCUT2D eigenvalue weighted by Crippen LogP contribution is -2.38. The van der Waals surface area contributed by atoms with Gasteiger partial charge in [-0.1, -0.05) is 18.2 Å². The van der Waals surface area contributed by atoms with Gasteiger partial charge in [0.05, 0.1) is 0 Å². The van der Waals surface area contributed by atoms with Crippen LogP contribution in [-0.4, -0.2) is 34.6 Å². The van der Waals surface area contributed by atoms with Crippen molar-refractivity contribution in [2.75, 3.05) is 6.54 Å². The largest absolute Gasteiger partial charge is 0.480 e. The molecule has 2 aromatic rings. The molecule has 0 saturated carbocycles. The number of primary amides is 1. The number of carbonyl (C=O) groups is 2. The van der Waals surface area contributed by atoms with E-state index in [9.17, 15) is 9.59 Å². The number of amides is 1. The first kappa shape index (κ1) is 15.1. The molecule has 0 fully saturated rings. The number of aromatic nitrogens is 1. The summed E-state index contributed by atoms with van der Waals surface area (Å²) in [7, 11) is 0. The summed E-state index contributed by atoms with van der Waals surface area (Å²) in [5.41, 5.74) is 7.15. The first-order valence-electron chi connectivity index (χ1n) is 6.87. The van der Waals surface area contributed by atoms with Crippen LogP contribution in [0.4, 0.5) is 0 Å². The Morgan fingerprint density at radius 2 is 2.10 bits per heavy atom. The van der Waals surface area contributed by atoms with Crippen molar-refractivity contribution in [3.63, 3.8) is 0 Å². The summed E-state index contributed by atoms with van der Waals surface area (Å²) in [6.07, 6.45) is 0.961. The third kappa shape index (κ3) is 4.32. The lowest BCUT2D eigenvalue weighted by molar-refractivity contribution is -0.139. The van der Waals surface area contributed by atoms with Gasteiger partial charge in [-0.3, -0.25) is 9.59 Å². The molecule has 2 rings (SSSR count). The van der Waals surface area contributed by atoms with Crippen LogP contribution in [0.5, 0.6) is 0 Å². The molecule has 0 aliphatic heterocycles. The van der Waals surface area contributed by atoms with Gasteiger partial charge in [0, 0.05) is 24.2 Å². The first-order chi connectivity index (χ1) is 10.1. The van der Waals surface area contributed by atoms with Gasteiger partial charge in [0.2, 0.25) is 5.91 Å². The number of hydrogen-bond donors (Lipinski definition) is 4.